The zero-order valence-corrected chi connectivity index (χ0v) is 29.5. The number of carbonyl (C=O) groups is 2. The third-order valence-electron chi connectivity index (χ3n) is 8.98. The van der Waals surface area contributed by atoms with Gasteiger partial charge in [-0.3, -0.25) is 4.79 Å². The quantitative estimate of drug-likeness (QED) is 0.0492. The Labute approximate surface area is 272 Å². The Kier molecular flexibility index (Phi) is 26.6. The number of piperidine rings is 1. The molecule has 6 heteroatoms. The summed E-state index contributed by atoms with van der Waals surface area (Å²) in [5.74, 6) is 0.252. The van der Waals surface area contributed by atoms with Gasteiger partial charge in [0.15, 0.2) is 0 Å². The van der Waals surface area contributed by atoms with Crippen molar-refractivity contribution >= 4 is 12.1 Å². The van der Waals surface area contributed by atoms with Gasteiger partial charge in [0.2, 0.25) is 0 Å². The average molecular weight is 622 g/mol. The number of unbranched alkanes of at least 4 members (excludes halogenated alkanes) is 15. The molecule has 258 valence electrons. The van der Waals surface area contributed by atoms with Gasteiger partial charge in [-0.1, -0.05) is 109 Å². The zero-order valence-electron chi connectivity index (χ0n) is 29.5. The van der Waals surface area contributed by atoms with Crippen molar-refractivity contribution < 1.29 is 23.8 Å². The molecule has 0 aromatic carbocycles. The van der Waals surface area contributed by atoms with E-state index in [4.69, 9.17) is 14.2 Å². The summed E-state index contributed by atoms with van der Waals surface area (Å²) >= 11 is 0. The molecule has 1 fully saturated rings. The number of hydrogen-bond donors (Lipinski definition) is 0. The Hall–Kier alpha value is -1.56. The predicted molar refractivity (Wildman–Crippen MR) is 184 cm³/mol. The zero-order chi connectivity index (χ0) is 32.1. The van der Waals surface area contributed by atoms with Crippen LogP contribution in [0.3, 0.4) is 0 Å². The Bertz CT molecular complexity index is 711. The van der Waals surface area contributed by atoms with Crippen molar-refractivity contribution in [3.8, 4) is 0 Å². The van der Waals surface area contributed by atoms with E-state index in [9.17, 15) is 9.59 Å². The summed E-state index contributed by atoms with van der Waals surface area (Å²) in [6, 6.07) is 0. The molecule has 0 aromatic rings. The van der Waals surface area contributed by atoms with Gasteiger partial charge in [-0.25, -0.2) is 4.79 Å². The molecule has 0 N–H and O–H groups in total. The number of allylic oxidation sites excluding steroid dienone is 1. The van der Waals surface area contributed by atoms with Crippen LogP contribution in [0.5, 0.6) is 0 Å². The molecule has 0 amide bonds. The number of likely N-dealkylation sites (tertiary alicyclic amines) is 1. The molecule has 0 radical (unpaired) electrons. The maximum Gasteiger partial charge on any atom is 0.508 e. The first-order chi connectivity index (χ1) is 21.4. The highest BCUT2D eigenvalue weighted by atomic mass is 16.7. The second kappa shape index (κ2) is 28.9. The van der Waals surface area contributed by atoms with Crippen LogP contribution in [-0.4, -0.2) is 56.0 Å². The number of nitrogens with zero attached hydrogens (tertiary/aromatic N) is 1. The van der Waals surface area contributed by atoms with Gasteiger partial charge in [-0.2, -0.15) is 0 Å². The van der Waals surface area contributed by atoms with Crippen molar-refractivity contribution in [2.45, 2.75) is 187 Å². The summed E-state index contributed by atoms with van der Waals surface area (Å²) < 4.78 is 17.0. The third kappa shape index (κ3) is 24.7. The number of carbonyl (C=O) groups excluding carboxylic acids is 2. The molecule has 3 atom stereocenters. The lowest BCUT2D eigenvalue weighted by Crippen LogP contribution is -2.35. The third-order valence-corrected chi connectivity index (χ3v) is 8.98. The highest BCUT2D eigenvalue weighted by molar-refractivity contribution is 5.66. The molecule has 1 saturated heterocycles. The molecule has 0 spiro atoms. The summed E-state index contributed by atoms with van der Waals surface area (Å²) in [5.41, 5.74) is 0. The smallest absolute Gasteiger partial charge is 0.462 e. The normalized spacial score (nSPS) is 17.0. The van der Waals surface area contributed by atoms with E-state index >= 15 is 0 Å². The van der Waals surface area contributed by atoms with Crippen LogP contribution < -0.4 is 0 Å². The molecule has 0 aliphatic carbocycles. The molecule has 0 bridgehead atoms. The van der Waals surface area contributed by atoms with Crippen LogP contribution in [0, 0.1) is 5.92 Å². The minimum Gasteiger partial charge on any atom is -0.462 e. The summed E-state index contributed by atoms with van der Waals surface area (Å²) in [6.45, 7) is 8.60. The first-order valence-electron chi connectivity index (χ1n) is 18.8. The number of hydrogen-bond acceptors (Lipinski definition) is 6. The van der Waals surface area contributed by atoms with Crippen LogP contribution in [0.1, 0.15) is 175 Å². The van der Waals surface area contributed by atoms with Gasteiger partial charge in [-0.05, 0) is 77.8 Å². The minimum atomic E-state index is -0.466. The topological polar surface area (TPSA) is 65.1 Å². The number of rotatable bonds is 28. The number of ether oxygens (including phenoxy) is 3. The Morgan fingerprint density at radius 3 is 1.86 bits per heavy atom. The predicted octanol–water partition coefficient (Wildman–Crippen LogP) is 11.0. The molecular formula is C38H71NO5. The largest absolute Gasteiger partial charge is 0.508 e. The van der Waals surface area contributed by atoms with Crippen LogP contribution >= 0.6 is 0 Å². The van der Waals surface area contributed by atoms with E-state index in [1.54, 1.807) is 0 Å². The molecular weight excluding hydrogens is 550 g/mol. The lowest BCUT2D eigenvalue weighted by Gasteiger charge is -2.29. The Balaban J connectivity index is 2.27. The maximum atomic E-state index is 12.6. The van der Waals surface area contributed by atoms with Crippen molar-refractivity contribution in [1.29, 1.82) is 0 Å². The minimum absolute atomic E-state index is 0.0211. The Morgan fingerprint density at radius 2 is 1.27 bits per heavy atom. The van der Waals surface area contributed by atoms with Gasteiger partial charge in [-0.15, -0.1) is 0 Å². The van der Waals surface area contributed by atoms with Crippen molar-refractivity contribution in [3.05, 3.63) is 12.2 Å². The van der Waals surface area contributed by atoms with Crippen LogP contribution in [0.2, 0.25) is 0 Å². The van der Waals surface area contributed by atoms with Gasteiger partial charge >= 0.3 is 12.1 Å². The SMILES string of the molecule is CCCCCCCCCCC(CCCCCCC/C=C\CC(CCCCCC)OC(C)=O)OC(=O)OCC1CCCN(C)C1. The molecule has 3 unspecified atom stereocenters. The van der Waals surface area contributed by atoms with E-state index in [0.29, 0.717) is 12.5 Å². The molecule has 0 saturated carbocycles. The standard InChI is InChI=1S/C38H71NO5/c1-5-7-9-11-12-15-19-23-29-37(44-38(41)42-33-35-26-25-31-39(4)32-35)30-24-20-17-14-13-16-18-22-28-36(43-34(3)40)27-21-10-8-6-2/h18,22,35-37H,5-17,19-21,23-33H2,1-4H3/b22-18-. The molecule has 1 heterocycles. The highest BCUT2D eigenvalue weighted by Crippen LogP contribution is 2.20. The van der Waals surface area contributed by atoms with Gasteiger partial charge < -0.3 is 19.1 Å². The fourth-order valence-corrected chi connectivity index (χ4v) is 6.32. The van der Waals surface area contributed by atoms with Crippen molar-refractivity contribution in [2.75, 3.05) is 26.7 Å². The second-order valence-corrected chi connectivity index (χ2v) is 13.5. The Morgan fingerprint density at radius 1 is 0.727 bits per heavy atom. The van der Waals surface area contributed by atoms with Crippen LogP contribution in [0.25, 0.3) is 0 Å². The summed E-state index contributed by atoms with van der Waals surface area (Å²) in [6.07, 6.45) is 32.1. The molecule has 0 aromatic heterocycles. The van der Waals surface area contributed by atoms with Crippen LogP contribution in [-0.2, 0) is 19.0 Å². The first-order valence-corrected chi connectivity index (χ1v) is 18.8. The van der Waals surface area contributed by atoms with Gasteiger partial charge in [0.25, 0.3) is 0 Å². The summed E-state index contributed by atoms with van der Waals surface area (Å²) in [5, 5.41) is 0. The molecule has 44 heavy (non-hydrogen) atoms. The maximum absolute atomic E-state index is 12.6. The highest BCUT2D eigenvalue weighted by Gasteiger charge is 2.21. The molecule has 1 aliphatic rings. The summed E-state index contributed by atoms with van der Waals surface area (Å²) in [4.78, 5) is 26.3. The average Bonchev–Trinajstić information content (AvgIpc) is 2.99. The van der Waals surface area contributed by atoms with Gasteiger partial charge in [0, 0.05) is 25.8 Å². The fourth-order valence-electron chi connectivity index (χ4n) is 6.32. The fraction of sp³-hybridized carbons (Fsp3) is 0.895. The van der Waals surface area contributed by atoms with E-state index in [2.05, 4.69) is 37.9 Å². The first kappa shape index (κ1) is 40.5. The van der Waals surface area contributed by atoms with E-state index in [1.165, 1.54) is 103 Å². The van der Waals surface area contributed by atoms with Crippen LogP contribution in [0.4, 0.5) is 4.79 Å². The molecule has 1 aliphatic heterocycles. The van der Waals surface area contributed by atoms with Crippen molar-refractivity contribution in [2.24, 2.45) is 5.92 Å². The van der Waals surface area contributed by atoms with Crippen LogP contribution in [0.15, 0.2) is 12.2 Å². The second-order valence-electron chi connectivity index (χ2n) is 13.5. The van der Waals surface area contributed by atoms with Crippen molar-refractivity contribution in [1.82, 2.24) is 4.90 Å². The van der Waals surface area contributed by atoms with E-state index in [0.717, 1.165) is 70.9 Å². The van der Waals surface area contributed by atoms with Crippen molar-refractivity contribution in [3.63, 3.8) is 0 Å². The number of esters is 1. The lowest BCUT2D eigenvalue weighted by molar-refractivity contribution is -0.146. The molecule has 6 nitrogen and oxygen atoms in total. The monoisotopic (exact) mass is 622 g/mol. The van der Waals surface area contributed by atoms with E-state index in [-0.39, 0.29) is 18.2 Å². The summed E-state index contributed by atoms with van der Waals surface area (Å²) in [7, 11) is 2.14. The van der Waals surface area contributed by atoms with Gasteiger partial charge in [0.05, 0.1) is 6.61 Å². The van der Waals surface area contributed by atoms with E-state index in [1.807, 2.05) is 0 Å². The molecule has 1 rings (SSSR count). The van der Waals surface area contributed by atoms with Gasteiger partial charge in [0.1, 0.15) is 12.2 Å². The lowest BCUT2D eigenvalue weighted by atomic mass is 10.00. The van der Waals surface area contributed by atoms with E-state index < -0.39 is 6.16 Å².